The third-order valence-corrected chi connectivity index (χ3v) is 4.24. The number of nitrogens with one attached hydrogen (secondary N) is 2. The Morgan fingerprint density at radius 2 is 2.08 bits per heavy atom. The van der Waals surface area contributed by atoms with Crippen molar-refractivity contribution in [2.75, 3.05) is 18.4 Å². The fourth-order valence-electron chi connectivity index (χ4n) is 2.93. The van der Waals surface area contributed by atoms with Gasteiger partial charge in [0.2, 0.25) is 5.88 Å². The van der Waals surface area contributed by atoms with E-state index < -0.39 is 0 Å². The number of benzene rings is 1. The summed E-state index contributed by atoms with van der Waals surface area (Å²) >= 11 is 0. The first-order chi connectivity index (χ1) is 12.4. The highest BCUT2D eigenvalue weighted by molar-refractivity contribution is 5.35. The van der Waals surface area contributed by atoms with Crippen molar-refractivity contribution < 1.29 is 4.74 Å². The van der Waals surface area contributed by atoms with E-state index in [0.29, 0.717) is 11.8 Å². The van der Waals surface area contributed by atoms with E-state index >= 15 is 0 Å². The van der Waals surface area contributed by atoms with E-state index in [1.165, 1.54) is 0 Å². The summed E-state index contributed by atoms with van der Waals surface area (Å²) in [5, 5.41) is 11.2. The molecule has 1 aliphatic rings. The molecule has 0 spiro atoms. The molecule has 128 valence electrons. The zero-order chi connectivity index (χ0) is 16.9. The van der Waals surface area contributed by atoms with E-state index in [-0.39, 0.29) is 0 Å². The van der Waals surface area contributed by atoms with Crippen LogP contribution in [0.4, 0.5) is 5.82 Å². The van der Waals surface area contributed by atoms with E-state index in [1.54, 1.807) is 0 Å². The molecule has 0 saturated carbocycles. The van der Waals surface area contributed by atoms with Gasteiger partial charge in [-0.1, -0.05) is 24.3 Å². The Balaban J connectivity index is 1.25. The Hall–Kier alpha value is -2.86. The van der Waals surface area contributed by atoms with E-state index in [9.17, 15) is 0 Å². The first-order valence-electron chi connectivity index (χ1n) is 8.51. The van der Waals surface area contributed by atoms with Crippen molar-refractivity contribution in [2.24, 2.45) is 5.92 Å². The molecule has 0 fully saturated rings. The lowest BCUT2D eigenvalue weighted by atomic mass is 10.1. The van der Waals surface area contributed by atoms with Crippen LogP contribution >= 0.6 is 0 Å². The van der Waals surface area contributed by atoms with E-state index in [4.69, 9.17) is 4.74 Å². The smallest absolute Gasteiger partial charge is 0.219 e. The Morgan fingerprint density at radius 3 is 2.92 bits per heavy atom. The lowest BCUT2D eigenvalue weighted by Gasteiger charge is -2.25. The van der Waals surface area contributed by atoms with E-state index in [2.05, 4.69) is 20.7 Å². The van der Waals surface area contributed by atoms with Crippen molar-refractivity contribution in [1.82, 2.24) is 20.1 Å². The number of hydrogen-bond acceptors (Lipinski definition) is 5. The molecule has 3 aromatic rings. The second-order valence-corrected chi connectivity index (χ2v) is 6.20. The lowest BCUT2D eigenvalue weighted by molar-refractivity contribution is 0.391. The molecule has 4 rings (SSSR count). The summed E-state index contributed by atoms with van der Waals surface area (Å²) in [4.78, 5) is 4.37. The SMILES string of the molecule is c1ccc(Oc2ccc(CNCC3CNc4ccnn4C3)cn2)cc1. The van der Waals surface area contributed by atoms with Crippen LogP contribution in [-0.4, -0.2) is 27.9 Å². The van der Waals surface area contributed by atoms with Crippen molar-refractivity contribution in [3.8, 4) is 11.6 Å². The van der Waals surface area contributed by atoms with Crippen LogP contribution in [0.3, 0.4) is 0 Å². The molecule has 0 saturated heterocycles. The summed E-state index contributed by atoms with van der Waals surface area (Å²) in [6.07, 6.45) is 3.69. The fraction of sp³-hybridized carbons (Fsp3) is 0.263. The summed E-state index contributed by atoms with van der Waals surface area (Å²) in [6.45, 7) is 3.65. The van der Waals surface area contributed by atoms with Crippen molar-refractivity contribution in [2.45, 2.75) is 13.1 Å². The largest absolute Gasteiger partial charge is 0.439 e. The monoisotopic (exact) mass is 335 g/mol. The number of hydrogen-bond donors (Lipinski definition) is 2. The second kappa shape index (κ2) is 7.36. The normalized spacial score (nSPS) is 16.1. The highest BCUT2D eigenvalue weighted by Crippen LogP contribution is 2.19. The van der Waals surface area contributed by atoms with Gasteiger partial charge in [-0.15, -0.1) is 0 Å². The number of fused-ring (bicyclic) bond motifs is 1. The van der Waals surface area contributed by atoms with Gasteiger partial charge in [-0.2, -0.15) is 5.10 Å². The summed E-state index contributed by atoms with van der Waals surface area (Å²) in [7, 11) is 0. The van der Waals surface area contributed by atoms with Crippen LogP contribution < -0.4 is 15.4 Å². The number of nitrogens with zero attached hydrogens (tertiary/aromatic N) is 3. The van der Waals surface area contributed by atoms with Gasteiger partial charge in [0.15, 0.2) is 0 Å². The Labute approximate surface area is 146 Å². The summed E-state index contributed by atoms with van der Waals surface area (Å²) in [5.74, 6) is 3.04. The van der Waals surface area contributed by atoms with Gasteiger partial charge in [0.1, 0.15) is 11.6 Å². The van der Waals surface area contributed by atoms with Gasteiger partial charge < -0.3 is 15.4 Å². The Kier molecular flexibility index (Phi) is 4.61. The van der Waals surface area contributed by atoms with E-state index in [1.807, 2.05) is 65.6 Å². The van der Waals surface area contributed by atoms with Crippen LogP contribution in [0.5, 0.6) is 11.6 Å². The molecular formula is C19H21N5O. The molecule has 0 aliphatic carbocycles. The highest BCUT2D eigenvalue weighted by Gasteiger charge is 2.17. The predicted molar refractivity (Wildman–Crippen MR) is 96.7 cm³/mol. The summed E-state index contributed by atoms with van der Waals surface area (Å²) < 4.78 is 7.73. The predicted octanol–water partition coefficient (Wildman–Crippen LogP) is 2.90. The number of anilines is 1. The number of rotatable bonds is 6. The molecule has 0 radical (unpaired) electrons. The maximum Gasteiger partial charge on any atom is 0.219 e. The van der Waals surface area contributed by atoms with Gasteiger partial charge in [-0.3, -0.25) is 0 Å². The fourth-order valence-corrected chi connectivity index (χ4v) is 2.93. The Morgan fingerprint density at radius 1 is 1.16 bits per heavy atom. The molecule has 1 aliphatic heterocycles. The highest BCUT2D eigenvalue weighted by atomic mass is 16.5. The van der Waals surface area contributed by atoms with Crippen molar-refractivity contribution in [3.63, 3.8) is 0 Å². The van der Waals surface area contributed by atoms with Crippen LogP contribution in [-0.2, 0) is 13.1 Å². The summed E-state index contributed by atoms with van der Waals surface area (Å²) in [5.41, 5.74) is 1.14. The van der Waals surface area contributed by atoms with Crippen LogP contribution in [0.25, 0.3) is 0 Å². The minimum absolute atomic E-state index is 0.529. The van der Waals surface area contributed by atoms with Crippen LogP contribution in [0.2, 0.25) is 0 Å². The zero-order valence-corrected chi connectivity index (χ0v) is 13.9. The molecule has 2 aromatic heterocycles. The molecule has 0 amide bonds. The van der Waals surface area contributed by atoms with Gasteiger partial charge in [0.05, 0.1) is 6.20 Å². The minimum Gasteiger partial charge on any atom is -0.439 e. The van der Waals surface area contributed by atoms with Gasteiger partial charge in [0.25, 0.3) is 0 Å². The molecule has 25 heavy (non-hydrogen) atoms. The number of aromatic nitrogens is 3. The van der Waals surface area contributed by atoms with Crippen molar-refractivity contribution in [3.05, 3.63) is 66.5 Å². The molecule has 3 heterocycles. The first kappa shape index (κ1) is 15.7. The maximum absolute atomic E-state index is 5.71. The third kappa shape index (κ3) is 3.97. The number of ether oxygens (including phenoxy) is 1. The van der Waals surface area contributed by atoms with Crippen molar-refractivity contribution >= 4 is 5.82 Å². The molecule has 1 unspecified atom stereocenters. The average molecular weight is 335 g/mol. The van der Waals surface area contributed by atoms with Crippen LogP contribution in [0.1, 0.15) is 5.56 Å². The molecule has 6 heteroatoms. The van der Waals surface area contributed by atoms with Gasteiger partial charge in [-0.05, 0) is 17.7 Å². The third-order valence-electron chi connectivity index (χ3n) is 4.24. The molecule has 0 bridgehead atoms. The second-order valence-electron chi connectivity index (χ2n) is 6.20. The Bertz CT molecular complexity index is 800. The molecule has 1 atom stereocenters. The summed E-state index contributed by atoms with van der Waals surface area (Å²) in [6, 6.07) is 15.6. The number of para-hydroxylation sites is 1. The van der Waals surface area contributed by atoms with E-state index in [0.717, 1.165) is 43.3 Å². The molecule has 6 nitrogen and oxygen atoms in total. The molecular weight excluding hydrogens is 314 g/mol. The maximum atomic E-state index is 5.71. The minimum atomic E-state index is 0.529. The van der Waals surface area contributed by atoms with Crippen LogP contribution in [0.15, 0.2) is 60.9 Å². The standard InChI is InChI=1S/C19H21N5O/c1-2-4-17(5-3-1)25-19-7-6-15(12-22-19)10-20-11-16-13-21-18-8-9-23-24(18)14-16/h1-9,12,16,20-21H,10-11,13-14H2. The average Bonchev–Trinajstić information content (AvgIpc) is 3.12. The zero-order valence-electron chi connectivity index (χ0n) is 13.9. The topological polar surface area (TPSA) is 64.0 Å². The van der Waals surface area contributed by atoms with Gasteiger partial charge in [-0.25, -0.2) is 9.67 Å². The van der Waals surface area contributed by atoms with Gasteiger partial charge in [0, 0.05) is 50.4 Å². The quantitative estimate of drug-likeness (QED) is 0.725. The van der Waals surface area contributed by atoms with Gasteiger partial charge >= 0.3 is 0 Å². The lowest BCUT2D eigenvalue weighted by Crippen LogP contribution is -2.35. The van der Waals surface area contributed by atoms with Crippen LogP contribution in [0, 0.1) is 5.92 Å². The molecule has 1 aromatic carbocycles. The number of pyridine rings is 1. The first-order valence-corrected chi connectivity index (χ1v) is 8.51. The molecule has 2 N–H and O–H groups in total. The van der Waals surface area contributed by atoms with Crippen molar-refractivity contribution in [1.29, 1.82) is 0 Å².